The molecule has 1 aliphatic rings. The van der Waals surface area contributed by atoms with Gasteiger partial charge in [0.25, 0.3) is 5.91 Å². The average molecular weight is 435 g/mol. The number of amides is 1. The van der Waals surface area contributed by atoms with Crippen LogP contribution in [-0.4, -0.2) is 45.8 Å². The molecule has 0 unspecified atom stereocenters. The van der Waals surface area contributed by atoms with Crippen LogP contribution >= 0.6 is 15.9 Å². The van der Waals surface area contributed by atoms with E-state index in [0.29, 0.717) is 40.4 Å². The first kappa shape index (κ1) is 19.0. The fourth-order valence-corrected chi connectivity index (χ4v) is 2.88. The SMILES string of the molecule is CN(C)c1ccc(C(=O)OCC(=O)Nc2cc3c(cc2Br)OCCO3)cc1. The van der Waals surface area contributed by atoms with Gasteiger partial charge in [-0.25, -0.2) is 4.79 Å². The quantitative estimate of drug-likeness (QED) is 0.728. The van der Waals surface area contributed by atoms with E-state index in [-0.39, 0.29) is 0 Å². The topological polar surface area (TPSA) is 77.1 Å². The number of ether oxygens (including phenoxy) is 3. The van der Waals surface area contributed by atoms with Crippen LogP contribution in [0.4, 0.5) is 11.4 Å². The van der Waals surface area contributed by atoms with E-state index in [1.54, 1.807) is 24.3 Å². The van der Waals surface area contributed by atoms with Crippen LogP contribution in [0, 0.1) is 0 Å². The molecule has 0 bridgehead atoms. The molecule has 0 aromatic heterocycles. The highest BCUT2D eigenvalue weighted by Crippen LogP contribution is 2.38. The summed E-state index contributed by atoms with van der Waals surface area (Å²) in [5.41, 5.74) is 1.86. The van der Waals surface area contributed by atoms with Crippen molar-refractivity contribution in [1.29, 1.82) is 0 Å². The number of hydrogen-bond acceptors (Lipinski definition) is 6. The summed E-state index contributed by atoms with van der Waals surface area (Å²) in [4.78, 5) is 26.1. The average Bonchev–Trinajstić information content (AvgIpc) is 2.66. The minimum Gasteiger partial charge on any atom is -0.486 e. The summed E-state index contributed by atoms with van der Waals surface area (Å²) in [6, 6.07) is 10.3. The maximum absolute atomic E-state index is 12.1. The van der Waals surface area contributed by atoms with Crippen LogP contribution in [0.25, 0.3) is 0 Å². The van der Waals surface area contributed by atoms with E-state index >= 15 is 0 Å². The van der Waals surface area contributed by atoms with Gasteiger partial charge in [-0.3, -0.25) is 4.79 Å². The number of carbonyl (C=O) groups is 2. The van der Waals surface area contributed by atoms with Crippen molar-refractivity contribution < 1.29 is 23.8 Å². The maximum atomic E-state index is 12.1. The molecule has 1 N–H and O–H groups in total. The second kappa shape index (κ2) is 8.30. The van der Waals surface area contributed by atoms with Crippen molar-refractivity contribution in [3.8, 4) is 11.5 Å². The fraction of sp³-hybridized carbons (Fsp3) is 0.263. The van der Waals surface area contributed by atoms with E-state index in [1.165, 1.54) is 0 Å². The Bertz CT molecular complexity index is 852. The first-order valence-corrected chi connectivity index (χ1v) is 9.07. The van der Waals surface area contributed by atoms with Crippen molar-refractivity contribution in [2.75, 3.05) is 44.1 Å². The Kier molecular flexibility index (Phi) is 5.85. The summed E-state index contributed by atoms with van der Waals surface area (Å²) in [5.74, 6) is 0.152. The van der Waals surface area contributed by atoms with Crippen LogP contribution in [-0.2, 0) is 9.53 Å². The number of esters is 1. The van der Waals surface area contributed by atoms with Crippen LogP contribution in [0.15, 0.2) is 40.9 Å². The van der Waals surface area contributed by atoms with Crippen LogP contribution in [0.2, 0.25) is 0 Å². The molecule has 2 aromatic rings. The molecule has 2 aromatic carbocycles. The molecule has 0 saturated carbocycles. The van der Waals surface area contributed by atoms with Gasteiger partial charge in [0, 0.05) is 36.4 Å². The summed E-state index contributed by atoms with van der Waals surface area (Å²) >= 11 is 3.38. The van der Waals surface area contributed by atoms with Crippen molar-refractivity contribution in [3.05, 3.63) is 46.4 Å². The number of halogens is 1. The van der Waals surface area contributed by atoms with E-state index in [1.807, 2.05) is 31.1 Å². The number of hydrogen-bond donors (Lipinski definition) is 1. The standard InChI is InChI=1S/C19H19BrN2O5/c1-22(2)13-5-3-12(4-6-13)19(24)27-11-18(23)21-15-10-17-16(9-14(15)20)25-7-8-26-17/h3-6,9-10H,7-8,11H2,1-2H3,(H,21,23). The van der Waals surface area contributed by atoms with Crippen LogP contribution in [0.5, 0.6) is 11.5 Å². The molecule has 0 saturated heterocycles. The lowest BCUT2D eigenvalue weighted by atomic mass is 10.2. The van der Waals surface area contributed by atoms with Gasteiger partial charge in [-0.1, -0.05) is 0 Å². The molecular formula is C19H19BrN2O5. The van der Waals surface area contributed by atoms with E-state index in [4.69, 9.17) is 14.2 Å². The van der Waals surface area contributed by atoms with E-state index < -0.39 is 18.5 Å². The van der Waals surface area contributed by atoms with Crippen molar-refractivity contribution in [2.24, 2.45) is 0 Å². The molecule has 7 nitrogen and oxygen atoms in total. The Morgan fingerprint density at radius 3 is 2.37 bits per heavy atom. The highest BCUT2D eigenvalue weighted by atomic mass is 79.9. The van der Waals surface area contributed by atoms with E-state index in [2.05, 4.69) is 21.2 Å². The Morgan fingerprint density at radius 1 is 1.11 bits per heavy atom. The third kappa shape index (κ3) is 4.71. The molecule has 0 atom stereocenters. The molecule has 1 heterocycles. The molecule has 0 aliphatic carbocycles. The van der Waals surface area contributed by atoms with Crippen LogP contribution < -0.4 is 19.7 Å². The number of rotatable bonds is 5. The van der Waals surface area contributed by atoms with Gasteiger partial charge in [-0.05, 0) is 40.2 Å². The number of benzene rings is 2. The van der Waals surface area contributed by atoms with Gasteiger partial charge in [0.05, 0.1) is 11.3 Å². The first-order valence-electron chi connectivity index (χ1n) is 8.27. The lowest BCUT2D eigenvalue weighted by Gasteiger charge is -2.20. The van der Waals surface area contributed by atoms with Crippen molar-refractivity contribution in [1.82, 2.24) is 0 Å². The Balaban J connectivity index is 1.57. The lowest BCUT2D eigenvalue weighted by Crippen LogP contribution is -2.21. The Labute approximate surface area is 165 Å². The lowest BCUT2D eigenvalue weighted by molar-refractivity contribution is -0.119. The molecule has 142 valence electrons. The molecular weight excluding hydrogens is 416 g/mol. The molecule has 0 radical (unpaired) electrons. The van der Waals surface area contributed by atoms with Crippen molar-refractivity contribution >= 4 is 39.2 Å². The minimum absolute atomic E-state index is 0.383. The van der Waals surface area contributed by atoms with Gasteiger partial charge in [0.1, 0.15) is 13.2 Å². The van der Waals surface area contributed by atoms with Gasteiger partial charge in [0.2, 0.25) is 0 Å². The number of nitrogens with one attached hydrogen (secondary N) is 1. The number of anilines is 2. The minimum atomic E-state index is -0.559. The molecule has 1 amide bonds. The third-order valence-electron chi connectivity index (χ3n) is 3.86. The van der Waals surface area contributed by atoms with Crippen molar-refractivity contribution in [3.63, 3.8) is 0 Å². The van der Waals surface area contributed by atoms with E-state index in [0.717, 1.165) is 5.69 Å². The molecule has 27 heavy (non-hydrogen) atoms. The number of carbonyl (C=O) groups excluding carboxylic acids is 2. The van der Waals surface area contributed by atoms with E-state index in [9.17, 15) is 9.59 Å². The molecule has 8 heteroatoms. The van der Waals surface area contributed by atoms with Gasteiger partial charge >= 0.3 is 5.97 Å². The van der Waals surface area contributed by atoms with Crippen molar-refractivity contribution in [2.45, 2.75) is 0 Å². The normalized spacial score (nSPS) is 12.3. The second-order valence-electron chi connectivity index (χ2n) is 6.04. The number of fused-ring (bicyclic) bond motifs is 1. The van der Waals surface area contributed by atoms with Crippen LogP contribution in [0.3, 0.4) is 0 Å². The largest absolute Gasteiger partial charge is 0.486 e. The highest BCUT2D eigenvalue weighted by Gasteiger charge is 2.17. The zero-order valence-corrected chi connectivity index (χ0v) is 16.5. The zero-order chi connectivity index (χ0) is 19.4. The summed E-state index contributed by atoms with van der Waals surface area (Å²) in [5, 5.41) is 2.69. The number of nitrogens with zero attached hydrogens (tertiary/aromatic N) is 1. The predicted molar refractivity (Wildman–Crippen MR) is 105 cm³/mol. The molecule has 0 fully saturated rings. The summed E-state index contributed by atoms with van der Waals surface area (Å²) in [7, 11) is 3.82. The third-order valence-corrected chi connectivity index (χ3v) is 4.52. The smallest absolute Gasteiger partial charge is 0.338 e. The van der Waals surface area contributed by atoms with Gasteiger partial charge in [-0.15, -0.1) is 0 Å². The summed E-state index contributed by atoms with van der Waals surface area (Å²) in [6.07, 6.45) is 0. The predicted octanol–water partition coefficient (Wildman–Crippen LogP) is 3.08. The highest BCUT2D eigenvalue weighted by molar-refractivity contribution is 9.10. The second-order valence-corrected chi connectivity index (χ2v) is 6.90. The Morgan fingerprint density at radius 2 is 1.74 bits per heavy atom. The zero-order valence-electron chi connectivity index (χ0n) is 15.0. The monoisotopic (exact) mass is 434 g/mol. The van der Waals surface area contributed by atoms with Gasteiger partial charge < -0.3 is 24.4 Å². The molecule has 3 rings (SSSR count). The maximum Gasteiger partial charge on any atom is 0.338 e. The van der Waals surface area contributed by atoms with Gasteiger partial charge in [0.15, 0.2) is 18.1 Å². The Hall–Kier alpha value is -2.74. The molecule has 1 aliphatic heterocycles. The molecule has 0 spiro atoms. The van der Waals surface area contributed by atoms with Crippen LogP contribution in [0.1, 0.15) is 10.4 Å². The summed E-state index contributed by atoms with van der Waals surface area (Å²) in [6.45, 7) is 0.540. The fourth-order valence-electron chi connectivity index (χ4n) is 2.46. The van der Waals surface area contributed by atoms with Gasteiger partial charge in [-0.2, -0.15) is 0 Å². The summed E-state index contributed by atoms with van der Waals surface area (Å²) < 4.78 is 16.7. The first-order chi connectivity index (χ1) is 12.9.